The lowest BCUT2D eigenvalue weighted by molar-refractivity contribution is 0.0951. The van der Waals surface area contributed by atoms with Gasteiger partial charge in [-0.15, -0.1) is 0 Å². The lowest BCUT2D eigenvalue weighted by atomic mass is 10.1. The highest BCUT2D eigenvalue weighted by Crippen LogP contribution is 2.21. The van der Waals surface area contributed by atoms with E-state index in [0.717, 1.165) is 11.1 Å². The molecule has 3 aromatic rings. The Labute approximate surface area is 150 Å². The van der Waals surface area contributed by atoms with Gasteiger partial charge in [-0.25, -0.2) is 8.42 Å². The Balaban J connectivity index is 1.46. The van der Waals surface area contributed by atoms with Crippen molar-refractivity contribution in [3.05, 3.63) is 53.5 Å². The third-order valence-corrected chi connectivity index (χ3v) is 5.69. The molecule has 0 saturated heterocycles. The van der Waals surface area contributed by atoms with Crippen LogP contribution in [0.3, 0.4) is 0 Å². The van der Waals surface area contributed by atoms with Gasteiger partial charge in [-0.3, -0.25) is 9.48 Å². The largest absolute Gasteiger partial charge is 0.463 e. The van der Waals surface area contributed by atoms with Crippen LogP contribution in [0.1, 0.15) is 21.7 Å². The number of hydrogen-bond donors (Lipinski definition) is 1. The van der Waals surface area contributed by atoms with Gasteiger partial charge >= 0.3 is 0 Å². The SMILES string of the molecule is CS(=O)(=O)N1CCn2nc(CNC(=O)c3coc4ccccc34)cc2C1. The van der Waals surface area contributed by atoms with E-state index in [2.05, 4.69) is 10.4 Å². The van der Waals surface area contributed by atoms with Crippen molar-refractivity contribution < 1.29 is 17.6 Å². The third-order valence-electron chi connectivity index (χ3n) is 4.44. The average Bonchev–Trinajstić information content (AvgIpc) is 3.21. The molecule has 9 heteroatoms. The number of benzene rings is 1. The van der Waals surface area contributed by atoms with E-state index in [9.17, 15) is 13.2 Å². The number of rotatable bonds is 4. The zero-order valence-electron chi connectivity index (χ0n) is 14.2. The lowest BCUT2D eigenvalue weighted by Gasteiger charge is -2.25. The lowest BCUT2D eigenvalue weighted by Crippen LogP contribution is -2.37. The Kier molecular flexibility index (Phi) is 4.04. The van der Waals surface area contributed by atoms with Crippen LogP contribution in [0.4, 0.5) is 0 Å². The number of aromatic nitrogens is 2. The molecule has 1 amide bonds. The minimum atomic E-state index is -3.22. The minimum absolute atomic E-state index is 0.237. The van der Waals surface area contributed by atoms with E-state index >= 15 is 0 Å². The Morgan fingerprint density at radius 3 is 2.92 bits per heavy atom. The first-order chi connectivity index (χ1) is 12.4. The maximum absolute atomic E-state index is 12.4. The minimum Gasteiger partial charge on any atom is -0.463 e. The van der Waals surface area contributed by atoms with Crippen LogP contribution in [0.15, 0.2) is 41.0 Å². The summed E-state index contributed by atoms with van der Waals surface area (Å²) in [5.74, 6) is -0.237. The van der Waals surface area contributed by atoms with Crippen LogP contribution < -0.4 is 5.32 Å². The summed E-state index contributed by atoms with van der Waals surface area (Å²) in [5.41, 5.74) is 2.65. The predicted molar refractivity (Wildman–Crippen MR) is 94.9 cm³/mol. The number of amides is 1. The van der Waals surface area contributed by atoms with Crippen LogP contribution in [-0.2, 0) is 29.7 Å². The molecule has 0 radical (unpaired) electrons. The monoisotopic (exact) mass is 374 g/mol. The topological polar surface area (TPSA) is 97.4 Å². The van der Waals surface area contributed by atoms with Crippen molar-refractivity contribution in [3.8, 4) is 0 Å². The smallest absolute Gasteiger partial charge is 0.255 e. The molecule has 1 aromatic carbocycles. The summed E-state index contributed by atoms with van der Waals surface area (Å²) >= 11 is 0. The second-order valence-corrected chi connectivity index (χ2v) is 8.26. The van der Waals surface area contributed by atoms with Gasteiger partial charge in [0.05, 0.1) is 42.8 Å². The zero-order valence-corrected chi connectivity index (χ0v) is 15.0. The van der Waals surface area contributed by atoms with Crippen molar-refractivity contribution in [2.75, 3.05) is 12.8 Å². The summed E-state index contributed by atoms with van der Waals surface area (Å²) in [6, 6.07) is 9.17. The molecule has 0 saturated carbocycles. The summed E-state index contributed by atoms with van der Waals surface area (Å²) in [5, 5.41) is 8.04. The van der Waals surface area contributed by atoms with E-state index in [1.54, 1.807) is 4.68 Å². The Bertz CT molecular complexity index is 1080. The summed E-state index contributed by atoms with van der Waals surface area (Å²) in [7, 11) is -3.22. The van der Waals surface area contributed by atoms with E-state index in [-0.39, 0.29) is 12.5 Å². The highest BCUT2D eigenvalue weighted by atomic mass is 32.2. The highest BCUT2D eigenvalue weighted by molar-refractivity contribution is 7.88. The van der Waals surface area contributed by atoms with Crippen LogP contribution in [-0.4, -0.2) is 41.2 Å². The molecule has 0 unspecified atom stereocenters. The van der Waals surface area contributed by atoms with Crippen molar-refractivity contribution in [3.63, 3.8) is 0 Å². The van der Waals surface area contributed by atoms with Gasteiger partial charge in [0.15, 0.2) is 0 Å². The van der Waals surface area contributed by atoms with Gasteiger partial charge in [0.25, 0.3) is 5.91 Å². The van der Waals surface area contributed by atoms with Crippen molar-refractivity contribution in [2.24, 2.45) is 0 Å². The molecule has 1 aliphatic heterocycles. The molecule has 136 valence electrons. The van der Waals surface area contributed by atoms with Crippen molar-refractivity contribution in [1.29, 1.82) is 0 Å². The Morgan fingerprint density at radius 1 is 1.31 bits per heavy atom. The first kappa shape index (κ1) is 16.8. The molecule has 0 spiro atoms. The van der Waals surface area contributed by atoms with E-state index in [4.69, 9.17) is 4.42 Å². The highest BCUT2D eigenvalue weighted by Gasteiger charge is 2.24. The summed E-state index contributed by atoms with van der Waals surface area (Å²) in [6.45, 7) is 1.46. The molecule has 2 aromatic heterocycles. The second-order valence-electron chi connectivity index (χ2n) is 6.27. The van der Waals surface area contributed by atoms with Crippen LogP contribution in [0.25, 0.3) is 11.0 Å². The van der Waals surface area contributed by atoms with Gasteiger partial charge in [-0.05, 0) is 12.1 Å². The molecule has 4 rings (SSSR count). The van der Waals surface area contributed by atoms with E-state index in [1.165, 1.54) is 16.8 Å². The van der Waals surface area contributed by atoms with Crippen molar-refractivity contribution in [2.45, 2.75) is 19.6 Å². The molecule has 3 heterocycles. The number of carbonyl (C=O) groups excluding carboxylic acids is 1. The molecule has 0 fully saturated rings. The van der Waals surface area contributed by atoms with Crippen molar-refractivity contribution >= 4 is 26.9 Å². The molecule has 0 aliphatic carbocycles. The van der Waals surface area contributed by atoms with Crippen LogP contribution in [0, 0.1) is 0 Å². The van der Waals surface area contributed by atoms with Gasteiger partial charge in [0.2, 0.25) is 10.0 Å². The average molecular weight is 374 g/mol. The maximum Gasteiger partial charge on any atom is 0.255 e. The van der Waals surface area contributed by atoms with Gasteiger partial charge in [-0.2, -0.15) is 9.40 Å². The van der Waals surface area contributed by atoms with E-state index in [0.29, 0.717) is 36.5 Å². The van der Waals surface area contributed by atoms with Crippen LogP contribution in [0.5, 0.6) is 0 Å². The predicted octanol–water partition coefficient (Wildman–Crippen LogP) is 1.33. The molecule has 0 bridgehead atoms. The number of nitrogens with one attached hydrogen (secondary N) is 1. The normalized spacial score (nSPS) is 15.1. The Hall–Kier alpha value is -2.65. The second kappa shape index (κ2) is 6.26. The van der Waals surface area contributed by atoms with Crippen LogP contribution in [0.2, 0.25) is 0 Å². The van der Waals surface area contributed by atoms with Gasteiger partial charge in [0.1, 0.15) is 11.8 Å². The van der Waals surface area contributed by atoms with Crippen molar-refractivity contribution in [1.82, 2.24) is 19.4 Å². The first-order valence-corrected chi connectivity index (χ1v) is 10.0. The van der Waals surface area contributed by atoms with Gasteiger partial charge in [0, 0.05) is 11.9 Å². The number of para-hydroxylation sites is 1. The fourth-order valence-electron chi connectivity index (χ4n) is 3.09. The number of carbonyl (C=O) groups is 1. The summed E-state index contributed by atoms with van der Waals surface area (Å²) < 4.78 is 32.0. The van der Waals surface area contributed by atoms with Crippen LogP contribution >= 0.6 is 0 Å². The fourth-order valence-corrected chi connectivity index (χ4v) is 3.87. The number of sulfonamides is 1. The Morgan fingerprint density at radius 2 is 2.12 bits per heavy atom. The van der Waals surface area contributed by atoms with Gasteiger partial charge < -0.3 is 9.73 Å². The number of hydrogen-bond acceptors (Lipinski definition) is 5. The van der Waals surface area contributed by atoms with E-state index < -0.39 is 10.0 Å². The number of fused-ring (bicyclic) bond motifs is 2. The summed E-state index contributed by atoms with van der Waals surface area (Å²) in [6.07, 6.45) is 2.65. The van der Waals surface area contributed by atoms with E-state index in [1.807, 2.05) is 30.3 Å². The molecular weight excluding hydrogens is 356 g/mol. The molecule has 1 aliphatic rings. The molecule has 8 nitrogen and oxygen atoms in total. The number of nitrogens with zero attached hydrogens (tertiary/aromatic N) is 3. The first-order valence-electron chi connectivity index (χ1n) is 8.17. The fraction of sp³-hybridized carbons (Fsp3) is 0.294. The number of furan rings is 1. The third kappa shape index (κ3) is 3.11. The maximum atomic E-state index is 12.4. The zero-order chi connectivity index (χ0) is 18.3. The van der Waals surface area contributed by atoms with Gasteiger partial charge in [-0.1, -0.05) is 18.2 Å². The molecule has 0 atom stereocenters. The summed E-state index contributed by atoms with van der Waals surface area (Å²) in [4.78, 5) is 12.4. The molecular formula is C17H18N4O4S. The quantitative estimate of drug-likeness (QED) is 0.743. The standard InChI is InChI=1S/C17H18N4O4S/c1-26(23,24)20-6-7-21-13(10-20)8-12(19-21)9-18-17(22)15-11-25-16-5-3-2-4-14(15)16/h2-5,8,11H,6-7,9-10H2,1H3,(H,18,22). The molecule has 1 N–H and O–H groups in total. The molecule has 26 heavy (non-hydrogen) atoms.